The molecule has 0 radical (unpaired) electrons. The van der Waals surface area contributed by atoms with Crippen molar-refractivity contribution in [3.05, 3.63) is 35.9 Å². The summed E-state index contributed by atoms with van der Waals surface area (Å²) in [6, 6.07) is 11.3. The Morgan fingerprint density at radius 2 is 1.96 bits per heavy atom. The number of rotatable bonds is 6. The van der Waals surface area contributed by atoms with Crippen LogP contribution >= 0.6 is 0 Å². The molecule has 6 nitrogen and oxygen atoms in total. The van der Waals surface area contributed by atoms with E-state index in [0.29, 0.717) is 32.5 Å². The van der Waals surface area contributed by atoms with Crippen LogP contribution < -0.4 is 5.32 Å². The molecular formula is C17H20N2O4. The van der Waals surface area contributed by atoms with Crippen molar-refractivity contribution in [2.45, 2.75) is 19.3 Å². The fraction of sp³-hybridized carbons (Fsp3) is 0.471. The molecule has 1 aromatic rings. The molecule has 1 amide bonds. The molecule has 2 N–H and O–H groups in total. The molecule has 1 atom stereocenters. The molecule has 2 rings (SSSR count). The van der Waals surface area contributed by atoms with E-state index in [-0.39, 0.29) is 6.54 Å². The van der Waals surface area contributed by atoms with E-state index in [1.807, 2.05) is 30.3 Å². The Kier molecular flexibility index (Phi) is 5.72. The number of hydrogen-bond acceptors (Lipinski definition) is 4. The van der Waals surface area contributed by atoms with Crippen LogP contribution in [0.25, 0.3) is 0 Å². The number of nitrogens with one attached hydrogen (secondary N) is 1. The first kappa shape index (κ1) is 17.0. The molecule has 0 bridgehead atoms. The Bertz CT molecular complexity index is 588. The third-order valence-electron chi connectivity index (χ3n) is 4.18. The van der Waals surface area contributed by atoms with Gasteiger partial charge in [0.15, 0.2) is 0 Å². The summed E-state index contributed by atoms with van der Waals surface area (Å²) in [7, 11) is 0. The summed E-state index contributed by atoms with van der Waals surface area (Å²) in [6.45, 7) is 0.744. The highest BCUT2D eigenvalue weighted by Gasteiger charge is 2.40. The Labute approximate surface area is 135 Å². The summed E-state index contributed by atoms with van der Waals surface area (Å²) in [5.74, 6) is -2.09. The van der Waals surface area contributed by atoms with E-state index in [2.05, 4.69) is 11.4 Å². The van der Waals surface area contributed by atoms with Gasteiger partial charge in [0, 0.05) is 19.8 Å². The standard InChI is InChI=1S/C17H20N2O4/c18-12-17(6-8-23-9-7-17)16(22)19-11-14(15(20)21)10-13-4-2-1-3-5-13/h1-5,14H,6-11H2,(H,19,22)(H,20,21). The fourth-order valence-electron chi connectivity index (χ4n) is 2.64. The molecule has 0 aromatic heterocycles. The van der Waals surface area contributed by atoms with Crippen molar-refractivity contribution in [1.29, 1.82) is 5.26 Å². The molecular weight excluding hydrogens is 296 g/mol. The zero-order valence-corrected chi connectivity index (χ0v) is 12.8. The third kappa shape index (κ3) is 4.30. The summed E-state index contributed by atoms with van der Waals surface area (Å²) < 4.78 is 5.19. The van der Waals surface area contributed by atoms with Gasteiger partial charge in [0.05, 0.1) is 12.0 Å². The summed E-state index contributed by atoms with van der Waals surface area (Å²) in [6.07, 6.45) is 1.01. The Morgan fingerprint density at radius 3 is 2.52 bits per heavy atom. The number of nitrogens with zero attached hydrogens (tertiary/aromatic N) is 1. The molecule has 1 unspecified atom stereocenters. The van der Waals surface area contributed by atoms with E-state index >= 15 is 0 Å². The van der Waals surface area contributed by atoms with E-state index in [1.165, 1.54) is 0 Å². The number of nitriles is 1. The molecule has 1 heterocycles. The number of carboxylic acid groups (broad SMARTS) is 1. The van der Waals surface area contributed by atoms with Crippen LogP contribution in [0.1, 0.15) is 18.4 Å². The monoisotopic (exact) mass is 316 g/mol. The second kappa shape index (κ2) is 7.75. The molecule has 0 aliphatic carbocycles. The topological polar surface area (TPSA) is 99.4 Å². The lowest BCUT2D eigenvalue weighted by Gasteiger charge is -2.29. The first-order valence-electron chi connectivity index (χ1n) is 7.61. The van der Waals surface area contributed by atoms with E-state index in [9.17, 15) is 20.0 Å². The molecule has 122 valence electrons. The van der Waals surface area contributed by atoms with Crippen molar-refractivity contribution in [3.8, 4) is 6.07 Å². The maximum absolute atomic E-state index is 12.3. The number of hydrogen-bond donors (Lipinski definition) is 2. The lowest BCUT2D eigenvalue weighted by molar-refractivity contribution is -0.142. The van der Waals surface area contributed by atoms with Crippen LogP contribution in [-0.2, 0) is 20.7 Å². The molecule has 6 heteroatoms. The van der Waals surface area contributed by atoms with Crippen molar-refractivity contribution < 1.29 is 19.4 Å². The third-order valence-corrected chi connectivity index (χ3v) is 4.18. The first-order chi connectivity index (χ1) is 11.1. The number of aliphatic carboxylic acids is 1. The Balaban J connectivity index is 1.97. The van der Waals surface area contributed by atoms with E-state index in [1.54, 1.807) is 0 Å². The van der Waals surface area contributed by atoms with E-state index < -0.39 is 23.2 Å². The summed E-state index contributed by atoms with van der Waals surface area (Å²) in [4.78, 5) is 23.8. The number of benzene rings is 1. The summed E-state index contributed by atoms with van der Waals surface area (Å²) in [5.41, 5.74) is -0.205. The van der Waals surface area contributed by atoms with Crippen LogP contribution in [0.2, 0.25) is 0 Å². The van der Waals surface area contributed by atoms with E-state index in [0.717, 1.165) is 5.56 Å². The molecule has 0 spiro atoms. The highest BCUT2D eigenvalue weighted by Crippen LogP contribution is 2.29. The van der Waals surface area contributed by atoms with Crippen molar-refractivity contribution in [1.82, 2.24) is 5.32 Å². The van der Waals surface area contributed by atoms with Crippen LogP contribution in [0.5, 0.6) is 0 Å². The number of carbonyl (C=O) groups is 2. The van der Waals surface area contributed by atoms with Crippen LogP contribution in [0.4, 0.5) is 0 Å². The van der Waals surface area contributed by atoms with Gasteiger partial charge in [-0.15, -0.1) is 0 Å². The second-order valence-corrected chi connectivity index (χ2v) is 5.74. The molecule has 1 saturated heterocycles. The summed E-state index contributed by atoms with van der Waals surface area (Å²) in [5, 5.41) is 21.3. The minimum atomic E-state index is -1.10. The van der Waals surface area contributed by atoms with Crippen LogP contribution in [0.15, 0.2) is 30.3 Å². The van der Waals surface area contributed by atoms with Gasteiger partial charge in [-0.05, 0) is 24.8 Å². The van der Waals surface area contributed by atoms with Crippen molar-refractivity contribution in [2.75, 3.05) is 19.8 Å². The summed E-state index contributed by atoms with van der Waals surface area (Å²) >= 11 is 0. The van der Waals surface area contributed by atoms with Crippen molar-refractivity contribution in [3.63, 3.8) is 0 Å². The minimum Gasteiger partial charge on any atom is -0.481 e. The predicted octanol–water partition coefficient (Wildman–Crippen LogP) is 1.37. The van der Waals surface area contributed by atoms with Gasteiger partial charge in [0.2, 0.25) is 5.91 Å². The lowest BCUT2D eigenvalue weighted by Crippen LogP contribution is -2.46. The van der Waals surface area contributed by atoms with Crippen LogP contribution in [0, 0.1) is 22.7 Å². The van der Waals surface area contributed by atoms with Gasteiger partial charge in [-0.3, -0.25) is 9.59 Å². The lowest BCUT2D eigenvalue weighted by atomic mass is 9.80. The van der Waals surface area contributed by atoms with Gasteiger partial charge in [0.1, 0.15) is 5.41 Å². The minimum absolute atomic E-state index is 0.00729. The quantitative estimate of drug-likeness (QED) is 0.825. The average molecular weight is 316 g/mol. The predicted molar refractivity (Wildman–Crippen MR) is 82.4 cm³/mol. The van der Waals surface area contributed by atoms with Gasteiger partial charge in [-0.1, -0.05) is 30.3 Å². The van der Waals surface area contributed by atoms with Gasteiger partial charge < -0.3 is 15.2 Å². The first-order valence-corrected chi connectivity index (χ1v) is 7.61. The highest BCUT2D eigenvalue weighted by molar-refractivity contribution is 5.86. The Morgan fingerprint density at radius 1 is 1.30 bits per heavy atom. The molecule has 1 aliphatic rings. The zero-order valence-electron chi connectivity index (χ0n) is 12.8. The number of carboxylic acids is 1. The second-order valence-electron chi connectivity index (χ2n) is 5.74. The van der Waals surface area contributed by atoms with Crippen molar-refractivity contribution >= 4 is 11.9 Å². The molecule has 23 heavy (non-hydrogen) atoms. The fourth-order valence-corrected chi connectivity index (χ4v) is 2.64. The largest absolute Gasteiger partial charge is 0.481 e. The Hall–Kier alpha value is -2.39. The number of carbonyl (C=O) groups excluding carboxylic acids is 1. The van der Waals surface area contributed by atoms with Gasteiger partial charge in [0.25, 0.3) is 0 Å². The van der Waals surface area contributed by atoms with Crippen LogP contribution in [0.3, 0.4) is 0 Å². The van der Waals surface area contributed by atoms with Gasteiger partial charge in [-0.25, -0.2) is 0 Å². The maximum Gasteiger partial charge on any atom is 0.308 e. The number of amides is 1. The normalized spacial score (nSPS) is 17.7. The van der Waals surface area contributed by atoms with Crippen LogP contribution in [-0.4, -0.2) is 36.7 Å². The number of ether oxygens (including phenoxy) is 1. The average Bonchev–Trinajstić information content (AvgIpc) is 2.59. The van der Waals surface area contributed by atoms with Gasteiger partial charge >= 0.3 is 5.97 Å². The molecule has 1 aliphatic heterocycles. The highest BCUT2D eigenvalue weighted by atomic mass is 16.5. The van der Waals surface area contributed by atoms with E-state index in [4.69, 9.17) is 4.74 Å². The SMILES string of the molecule is N#CC1(C(=O)NCC(Cc2ccccc2)C(=O)O)CCOCC1. The van der Waals surface area contributed by atoms with Crippen molar-refractivity contribution in [2.24, 2.45) is 11.3 Å². The smallest absolute Gasteiger partial charge is 0.308 e. The maximum atomic E-state index is 12.3. The molecule has 0 saturated carbocycles. The molecule has 1 fully saturated rings. The molecule has 1 aromatic carbocycles. The van der Waals surface area contributed by atoms with Gasteiger partial charge in [-0.2, -0.15) is 5.26 Å². The zero-order chi connectivity index (χ0) is 16.7.